The monoisotopic (exact) mass is 377 g/mol. The molecule has 1 aromatic carbocycles. The number of pyridine rings is 1. The van der Waals surface area contributed by atoms with Gasteiger partial charge in [0.05, 0.1) is 12.1 Å². The van der Waals surface area contributed by atoms with Crippen molar-refractivity contribution in [3.8, 4) is 0 Å². The minimum Gasteiger partial charge on any atom is -0.394 e. The number of anilines is 1. The van der Waals surface area contributed by atoms with Crippen LogP contribution < -0.4 is 16.2 Å². The maximum absolute atomic E-state index is 12.4. The van der Waals surface area contributed by atoms with Gasteiger partial charge in [-0.15, -0.1) is 0 Å². The molecular formula is C18H20ClN3O4. The number of halogens is 1. The summed E-state index contributed by atoms with van der Waals surface area (Å²) in [5.74, 6) is -0.941. The molecule has 8 heteroatoms. The fourth-order valence-electron chi connectivity index (χ4n) is 2.20. The summed E-state index contributed by atoms with van der Waals surface area (Å²) >= 11 is 6.05. The summed E-state index contributed by atoms with van der Waals surface area (Å²) in [6, 6.07) is 8.77. The highest BCUT2D eigenvalue weighted by Gasteiger charge is 2.21. The predicted molar refractivity (Wildman–Crippen MR) is 99.7 cm³/mol. The van der Waals surface area contributed by atoms with Crippen LogP contribution in [0.1, 0.15) is 34.7 Å². The maximum atomic E-state index is 12.4. The fraction of sp³-hybridized carbons (Fsp3) is 0.278. The van der Waals surface area contributed by atoms with Crippen molar-refractivity contribution in [1.29, 1.82) is 0 Å². The second kappa shape index (κ2) is 7.72. The molecule has 0 atom stereocenters. The Morgan fingerprint density at radius 3 is 2.54 bits per heavy atom. The van der Waals surface area contributed by atoms with Crippen LogP contribution in [-0.4, -0.2) is 33.6 Å². The van der Waals surface area contributed by atoms with Gasteiger partial charge < -0.3 is 20.3 Å². The molecule has 1 aromatic heterocycles. The number of carbonyl (C=O) groups is 2. The fourth-order valence-corrected chi connectivity index (χ4v) is 2.43. The van der Waals surface area contributed by atoms with Crippen molar-refractivity contribution < 1.29 is 14.7 Å². The van der Waals surface area contributed by atoms with Crippen molar-refractivity contribution >= 4 is 29.1 Å². The summed E-state index contributed by atoms with van der Waals surface area (Å²) in [5.41, 5.74) is -0.396. The van der Waals surface area contributed by atoms with Gasteiger partial charge in [0.1, 0.15) is 5.69 Å². The molecule has 0 radical (unpaired) electrons. The van der Waals surface area contributed by atoms with Gasteiger partial charge in [-0.05, 0) is 38.1 Å². The van der Waals surface area contributed by atoms with Crippen molar-refractivity contribution in [3.63, 3.8) is 0 Å². The number of aromatic nitrogens is 1. The third-order valence-electron chi connectivity index (χ3n) is 3.68. The van der Waals surface area contributed by atoms with E-state index in [1.165, 1.54) is 48.0 Å². The Kier molecular flexibility index (Phi) is 5.84. The summed E-state index contributed by atoms with van der Waals surface area (Å²) in [6.07, 6.45) is 0. The van der Waals surface area contributed by atoms with Crippen LogP contribution in [0.3, 0.4) is 0 Å². The van der Waals surface area contributed by atoms with Crippen LogP contribution in [0, 0.1) is 0 Å². The maximum Gasteiger partial charge on any atom is 0.272 e. The zero-order chi connectivity index (χ0) is 19.5. The van der Waals surface area contributed by atoms with Crippen LogP contribution in [-0.2, 0) is 7.05 Å². The lowest BCUT2D eigenvalue weighted by molar-refractivity contribution is 0.0868. The van der Waals surface area contributed by atoms with Gasteiger partial charge in [0.15, 0.2) is 0 Å². The lowest BCUT2D eigenvalue weighted by Gasteiger charge is -2.23. The molecule has 2 amide bonds. The highest BCUT2D eigenvalue weighted by Crippen LogP contribution is 2.20. The molecule has 138 valence electrons. The van der Waals surface area contributed by atoms with Gasteiger partial charge >= 0.3 is 0 Å². The van der Waals surface area contributed by atoms with Gasteiger partial charge in [-0.3, -0.25) is 14.4 Å². The second-order valence-electron chi connectivity index (χ2n) is 6.49. The van der Waals surface area contributed by atoms with E-state index in [1.54, 1.807) is 13.8 Å². The number of carbonyl (C=O) groups excluding carboxylic acids is 2. The van der Waals surface area contributed by atoms with Crippen LogP contribution in [0.25, 0.3) is 0 Å². The van der Waals surface area contributed by atoms with E-state index >= 15 is 0 Å². The van der Waals surface area contributed by atoms with Gasteiger partial charge in [-0.25, -0.2) is 0 Å². The number of hydrogen-bond acceptors (Lipinski definition) is 4. The molecule has 0 saturated heterocycles. The third-order valence-corrected chi connectivity index (χ3v) is 3.90. The summed E-state index contributed by atoms with van der Waals surface area (Å²) in [5, 5.41) is 14.8. The van der Waals surface area contributed by atoms with E-state index in [4.69, 9.17) is 11.6 Å². The number of amides is 2. The highest BCUT2D eigenvalue weighted by molar-refractivity contribution is 6.31. The van der Waals surface area contributed by atoms with E-state index in [0.29, 0.717) is 5.69 Å². The molecule has 0 saturated carbocycles. The SMILES string of the molecule is Cn1c(C(=O)Nc2cc(Cl)cc(C(=O)NC(C)(C)CO)c2)cccc1=O. The molecule has 0 spiro atoms. The average Bonchev–Trinajstić information content (AvgIpc) is 2.56. The average molecular weight is 378 g/mol. The van der Waals surface area contributed by atoms with Crippen LogP contribution in [0.2, 0.25) is 5.02 Å². The van der Waals surface area contributed by atoms with Crippen LogP contribution in [0.5, 0.6) is 0 Å². The number of nitrogens with zero attached hydrogens (tertiary/aromatic N) is 1. The van der Waals surface area contributed by atoms with Crippen LogP contribution >= 0.6 is 11.6 Å². The Hall–Kier alpha value is -2.64. The smallest absolute Gasteiger partial charge is 0.272 e. The van der Waals surface area contributed by atoms with Crippen LogP contribution in [0.4, 0.5) is 5.69 Å². The Morgan fingerprint density at radius 2 is 1.88 bits per heavy atom. The first-order valence-electron chi connectivity index (χ1n) is 7.84. The number of rotatable bonds is 5. The van der Waals surface area contributed by atoms with Gasteiger partial charge in [-0.1, -0.05) is 17.7 Å². The first-order valence-corrected chi connectivity index (χ1v) is 8.22. The zero-order valence-corrected chi connectivity index (χ0v) is 15.4. The predicted octanol–water partition coefficient (Wildman–Crippen LogP) is 1.79. The normalized spacial score (nSPS) is 11.1. The van der Waals surface area contributed by atoms with Crippen molar-refractivity contribution in [2.45, 2.75) is 19.4 Å². The highest BCUT2D eigenvalue weighted by atomic mass is 35.5. The summed E-state index contributed by atoms with van der Waals surface area (Å²) < 4.78 is 1.22. The zero-order valence-electron chi connectivity index (χ0n) is 14.7. The number of aliphatic hydroxyl groups excluding tert-OH is 1. The number of benzene rings is 1. The van der Waals surface area contributed by atoms with Gasteiger partial charge in [0.25, 0.3) is 17.4 Å². The van der Waals surface area contributed by atoms with E-state index in [1.807, 2.05) is 0 Å². The topological polar surface area (TPSA) is 100 Å². The Balaban J connectivity index is 2.27. The van der Waals surface area contributed by atoms with Gasteiger partial charge in [-0.2, -0.15) is 0 Å². The second-order valence-corrected chi connectivity index (χ2v) is 6.92. The van der Waals surface area contributed by atoms with E-state index in [9.17, 15) is 19.5 Å². The van der Waals surface area contributed by atoms with Crippen molar-refractivity contribution in [3.05, 3.63) is 63.0 Å². The summed E-state index contributed by atoms with van der Waals surface area (Å²) in [6.45, 7) is 3.12. The van der Waals surface area contributed by atoms with E-state index in [-0.39, 0.29) is 28.4 Å². The van der Waals surface area contributed by atoms with Gasteiger partial charge in [0.2, 0.25) is 0 Å². The van der Waals surface area contributed by atoms with Gasteiger partial charge in [0, 0.05) is 29.4 Å². The molecule has 26 heavy (non-hydrogen) atoms. The number of hydrogen-bond donors (Lipinski definition) is 3. The lowest BCUT2D eigenvalue weighted by atomic mass is 10.1. The standard InChI is InChI=1S/C18H20ClN3O4/c1-18(2,10-23)21-16(25)11-7-12(19)9-13(8-11)20-17(26)14-5-4-6-15(24)22(14)3/h4-9,23H,10H2,1-3H3,(H,20,26)(H,21,25). The van der Waals surface area contributed by atoms with Crippen molar-refractivity contribution in [2.75, 3.05) is 11.9 Å². The van der Waals surface area contributed by atoms with E-state index in [0.717, 1.165) is 0 Å². The minimum absolute atomic E-state index is 0.171. The molecule has 0 aliphatic carbocycles. The molecule has 0 unspecified atom stereocenters. The Labute approximate surface area is 155 Å². The molecule has 2 aromatic rings. The number of aliphatic hydroxyl groups is 1. The molecule has 0 aliphatic heterocycles. The third kappa shape index (κ3) is 4.71. The van der Waals surface area contributed by atoms with Crippen molar-refractivity contribution in [2.24, 2.45) is 7.05 Å². The first-order chi connectivity index (χ1) is 12.1. The lowest BCUT2D eigenvalue weighted by Crippen LogP contribution is -2.46. The molecule has 3 N–H and O–H groups in total. The molecular weight excluding hydrogens is 358 g/mol. The first kappa shape index (κ1) is 19.7. The molecule has 1 heterocycles. The molecule has 0 bridgehead atoms. The van der Waals surface area contributed by atoms with Crippen LogP contribution in [0.15, 0.2) is 41.2 Å². The van der Waals surface area contributed by atoms with E-state index < -0.39 is 17.4 Å². The van der Waals surface area contributed by atoms with E-state index in [2.05, 4.69) is 10.6 Å². The molecule has 0 aliphatic rings. The summed E-state index contributed by atoms with van der Waals surface area (Å²) in [7, 11) is 1.49. The molecule has 7 nitrogen and oxygen atoms in total. The quantitative estimate of drug-likeness (QED) is 0.739. The summed E-state index contributed by atoms with van der Waals surface area (Å²) in [4.78, 5) is 36.4. The minimum atomic E-state index is -0.800. The molecule has 0 fully saturated rings. The molecule has 2 rings (SSSR count). The Bertz CT molecular complexity index is 906. The van der Waals surface area contributed by atoms with Crippen molar-refractivity contribution in [1.82, 2.24) is 9.88 Å². The Morgan fingerprint density at radius 1 is 1.19 bits per heavy atom. The number of nitrogens with one attached hydrogen (secondary N) is 2. The largest absolute Gasteiger partial charge is 0.394 e.